The van der Waals surface area contributed by atoms with Crippen LogP contribution in [-0.4, -0.2) is 50.5 Å². The standard InChI is InChI=1S/C23H28O7S2/c1-13-6-7-18(30-13)23(31-8-5-9-32-23)15-12-29-22(25)19(15)20(24)14-10-16(26-2)21(28-4)17(11-14)27-3/h6-7,10-11,15,19-20,24H,5,8-9,12H2,1-4H3/t15-,19-,20+/m1/s1. The van der Waals surface area contributed by atoms with Gasteiger partial charge in [0.05, 0.1) is 40.0 Å². The Morgan fingerprint density at radius 1 is 1.09 bits per heavy atom. The quantitative estimate of drug-likeness (QED) is 0.587. The van der Waals surface area contributed by atoms with E-state index in [0.29, 0.717) is 22.8 Å². The van der Waals surface area contributed by atoms with E-state index in [4.69, 9.17) is 23.4 Å². The Labute approximate surface area is 196 Å². The molecule has 2 aromatic rings. The fourth-order valence-electron chi connectivity index (χ4n) is 4.42. The second kappa shape index (κ2) is 9.49. The van der Waals surface area contributed by atoms with Crippen LogP contribution in [0.2, 0.25) is 0 Å². The largest absolute Gasteiger partial charge is 0.493 e. The van der Waals surface area contributed by atoms with Crippen LogP contribution in [0.3, 0.4) is 0 Å². The fraction of sp³-hybridized carbons (Fsp3) is 0.522. The summed E-state index contributed by atoms with van der Waals surface area (Å²) >= 11 is 3.54. The second-order valence-corrected chi connectivity index (χ2v) is 10.7. The highest BCUT2D eigenvalue weighted by molar-refractivity contribution is 8.18. The van der Waals surface area contributed by atoms with Crippen molar-refractivity contribution >= 4 is 29.5 Å². The summed E-state index contributed by atoms with van der Waals surface area (Å²) in [6.45, 7) is 2.14. The zero-order valence-electron chi connectivity index (χ0n) is 18.6. The van der Waals surface area contributed by atoms with Crippen LogP contribution < -0.4 is 14.2 Å². The van der Waals surface area contributed by atoms with E-state index in [1.165, 1.54) is 21.3 Å². The van der Waals surface area contributed by atoms with E-state index in [9.17, 15) is 9.90 Å². The molecule has 0 spiro atoms. The van der Waals surface area contributed by atoms with Gasteiger partial charge in [-0.05, 0) is 54.7 Å². The number of ether oxygens (including phenoxy) is 4. The Bertz CT molecular complexity index is 942. The lowest BCUT2D eigenvalue weighted by Crippen LogP contribution is -2.39. The molecule has 174 valence electrons. The molecule has 9 heteroatoms. The summed E-state index contributed by atoms with van der Waals surface area (Å²) in [6, 6.07) is 7.28. The number of hydrogen-bond acceptors (Lipinski definition) is 9. The molecule has 4 rings (SSSR count). The maximum absolute atomic E-state index is 12.9. The van der Waals surface area contributed by atoms with E-state index in [1.807, 2.05) is 19.1 Å². The van der Waals surface area contributed by atoms with Gasteiger partial charge in [-0.1, -0.05) is 0 Å². The Balaban J connectivity index is 1.75. The van der Waals surface area contributed by atoms with Crippen LogP contribution >= 0.6 is 23.5 Å². The maximum atomic E-state index is 12.9. The van der Waals surface area contributed by atoms with E-state index >= 15 is 0 Å². The summed E-state index contributed by atoms with van der Waals surface area (Å²) in [5.74, 6) is 3.35. The molecule has 0 aliphatic carbocycles. The maximum Gasteiger partial charge on any atom is 0.312 e. The molecule has 2 aliphatic heterocycles. The number of methoxy groups -OCH3 is 3. The molecule has 3 heterocycles. The van der Waals surface area contributed by atoms with Crippen molar-refractivity contribution in [3.63, 3.8) is 0 Å². The number of cyclic esters (lactones) is 1. The van der Waals surface area contributed by atoms with Gasteiger partial charge >= 0.3 is 5.97 Å². The number of furan rings is 1. The molecule has 2 saturated heterocycles. The van der Waals surface area contributed by atoms with Crippen molar-refractivity contribution in [2.24, 2.45) is 11.8 Å². The molecule has 0 bridgehead atoms. The van der Waals surface area contributed by atoms with Gasteiger partial charge in [0, 0.05) is 5.92 Å². The highest BCUT2D eigenvalue weighted by Crippen LogP contribution is 2.60. The van der Waals surface area contributed by atoms with Gasteiger partial charge in [0.15, 0.2) is 11.5 Å². The van der Waals surface area contributed by atoms with Crippen LogP contribution in [0.1, 0.15) is 29.6 Å². The number of carbonyl (C=O) groups is 1. The molecule has 1 aromatic carbocycles. The number of rotatable bonds is 7. The summed E-state index contributed by atoms with van der Waals surface area (Å²) in [4.78, 5) is 12.9. The smallest absolute Gasteiger partial charge is 0.312 e. The first kappa shape index (κ1) is 23.2. The third-order valence-corrected chi connectivity index (χ3v) is 9.53. The van der Waals surface area contributed by atoms with Crippen LogP contribution in [-0.2, 0) is 13.6 Å². The lowest BCUT2D eigenvalue weighted by Gasteiger charge is -2.40. The SMILES string of the molecule is COc1cc([C@H](O)[C@@H]2C(=O)OC[C@H]2C2(c3ccc(C)o3)SCCCS2)cc(OC)c1OC. The minimum atomic E-state index is -1.11. The number of aryl methyl sites for hydroxylation is 1. The van der Waals surface area contributed by atoms with Gasteiger partial charge in [0.25, 0.3) is 0 Å². The molecular formula is C23H28O7S2. The van der Waals surface area contributed by atoms with Crippen LogP contribution in [0.4, 0.5) is 0 Å². The van der Waals surface area contributed by atoms with Crippen LogP contribution in [0.25, 0.3) is 0 Å². The van der Waals surface area contributed by atoms with Crippen molar-refractivity contribution in [2.45, 2.75) is 23.5 Å². The Kier molecular flexibility index (Phi) is 6.88. The topological polar surface area (TPSA) is 87.4 Å². The normalized spacial score (nSPS) is 23.5. The van der Waals surface area contributed by atoms with Gasteiger partial charge in [-0.2, -0.15) is 0 Å². The first-order valence-corrected chi connectivity index (χ1v) is 12.4. The molecule has 0 saturated carbocycles. The third-order valence-electron chi connectivity index (χ3n) is 5.97. The zero-order valence-corrected chi connectivity index (χ0v) is 20.2. The summed E-state index contributed by atoms with van der Waals surface area (Å²) in [7, 11) is 4.56. The van der Waals surface area contributed by atoms with Crippen molar-refractivity contribution in [1.82, 2.24) is 0 Å². The molecule has 1 aromatic heterocycles. The van der Waals surface area contributed by atoms with Crippen molar-refractivity contribution < 1.29 is 33.3 Å². The molecule has 3 atom stereocenters. The van der Waals surface area contributed by atoms with Crippen molar-refractivity contribution in [3.05, 3.63) is 41.3 Å². The summed E-state index contributed by atoms with van der Waals surface area (Å²) < 4.78 is 27.4. The highest BCUT2D eigenvalue weighted by atomic mass is 32.2. The third kappa shape index (κ3) is 3.95. The van der Waals surface area contributed by atoms with E-state index in [0.717, 1.165) is 29.4 Å². The predicted molar refractivity (Wildman–Crippen MR) is 124 cm³/mol. The summed E-state index contributed by atoms with van der Waals surface area (Å²) in [5.41, 5.74) is 0.505. The molecular weight excluding hydrogens is 452 g/mol. The van der Waals surface area contributed by atoms with Gasteiger partial charge < -0.3 is 28.5 Å². The molecule has 0 radical (unpaired) electrons. The minimum absolute atomic E-state index is 0.227. The first-order chi connectivity index (χ1) is 15.4. The molecule has 1 N–H and O–H groups in total. The number of benzene rings is 1. The molecule has 2 fully saturated rings. The van der Waals surface area contributed by atoms with Gasteiger partial charge in [-0.25, -0.2) is 0 Å². The number of carbonyl (C=O) groups excluding carboxylic acids is 1. The fourth-order valence-corrected chi connectivity index (χ4v) is 7.98. The predicted octanol–water partition coefficient (Wildman–Crippen LogP) is 4.16. The number of esters is 1. The van der Waals surface area contributed by atoms with Gasteiger partial charge in [-0.3, -0.25) is 4.79 Å². The van der Waals surface area contributed by atoms with Crippen molar-refractivity contribution in [1.29, 1.82) is 0 Å². The van der Waals surface area contributed by atoms with Crippen LogP contribution in [0.5, 0.6) is 17.2 Å². The average molecular weight is 481 g/mol. The zero-order chi connectivity index (χ0) is 22.9. The number of thioether (sulfide) groups is 2. The molecule has 7 nitrogen and oxygen atoms in total. The van der Waals surface area contributed by atoms with Crippen LogP contribution in [0.15, 0.2) is 28.7 Å². The van der Waals surface area contributed by atoms with Gasteiger partial charge in [0.1, 0.15) is 15.6 Å². The highest BCUT2D eigenvalue weighted by Gasteiger charge is 2.56. The molecule has 0 unspecified atom stereocenters. The number of aliphatic hydroxyl groups excluding tert-OH is 1. The lowest BCUT2D eigenvalue weighted by atomic mass is 9.83. The first-order valence-electron chi connectivity index (χ1n) is 10.4. The summed E-state index contributed by atoms with van der Waals surface area (Å²) in [5, 5.41) is 11.5. The Morgan fingerprint density at radius 2 is 1.75 bits per heavy atom. The Morgan fingerprint density at radius 3 is 2.28 bits per heavy atom. The van der Waals surface area contributed by atoms with E-state index in [2.05, 4.69) is 0 Å². The molecule has 32 heavy (non-hydrogen) atoms. The lowest BCUT2D eigenvalue weighted by molar-refractivity contribution is -0.144. The molecule has 2 aliphatic rings. The monoisotopic (exact) mass is 480 g/mol. The van der Waals surface area contributed by atoms with E-state index < -0.39 is 22.1 Å². The van der Waals surface area contributed by atoms with Gasteiger partial charge in [-0.15, -0.1) is 23.5 Å². The average Bonchev–Trinajstić information content (AvgIpc) is 3.44. The second-order valence-electron chi connectivity index (χ2n) is 7.79. The van der Waals surface area contributed by atoms with Crippen molar-refractivity contribution in [2.75, 3.05) is 39.4 Å². The van der Waals surface area contributed by atoms with E-state index in [1.54, 1.807) is 35.7 Å². The number of aliphatic hydroxyl groups is 1. The van der Waals surface area contributed by atoms with Gasteiger partial charge in [0.2, 0.25) is 5.75 Å². The van der Waals surface area contributed by atoms with E-state index in [-0.39, 0.29) is 12.5 Å². The molecule has 0 amide bonds. The minimum Gasteiger partial charge on any atom is -0.493 e. The number of hydrogen-bond donors (Lipinski definition) is 1. The van der Waals surface area contributed by atoms with Crippen LogP contribution in [0, 0.1) is 18.8 Å². The van der Waals surface area contributed by atoms with Crippen molar-refractivity contribution in [3.8, 4) is 17.2 Å². The Hall–Kier alpha value is -1.97. The summed E-state index contributed by atoms with van der Waals surface area (Å²) in [6.07, 6.45) is -0.0296.